The number of carbonyl (C=O) groups excluding carboxylic acids is 1. The number of rotatable bonds is 3. The Balaban J connectivity index is 1.90. The Morgan fingerprint density at radius 2 is 1.86 bits per heavy atom. The van der Waals surface area contributed by atoms with Gasteiger partial charge in [-0.3, -0.25) is 4.79 Å². The Morgan fingerprint density at radius 3 is 2.62 bits per heavy atom. The van der Waals surface area contributed by atoms with Gasteiger partial charge in [0, 0.05) is 9.79 Å². The van der Waals surface area contributed by atoms with Crippen molar-refractivity contribution in [1.82, 2.24) is 0 Å². The third-order valence-electron chi connectivity index (χ3n) is 3.07. The summed E-state index contributed by atoms with van der Waals surface area (Å²) >= 11 is 1.45. The van der Waals surface area contributed by atoms with Crippen molar-refractivity contribution in [2.45, 2.75) is 9.79 Å². The number of benzene rings is 2. The molecule has 1 aliphatic heterocycles. The highest BCUT2D eigenvalue weighted by Gasteiger charge is 2.14. The molecule has 0 fully saturated rings. The van der Waals surface area contributed by atoms with Crippen molar-refractivity contribution in [3.05, 3.63) is 42.0 Å². The van der Waals surface area contributed by atoms with Crippen LogP contribution < -0.4 is 20.9 Å². The van der Waals surface area contributed by atoms with E-state index in [1.165, 1.54) is 11.8 Å². The van der Waals surface area contributed by atoms with Crippen LogP contribution in [0.3, 0.4) is 0 Å². The van der Waals surface area contributed by atoms with Gasteiger partial charge in [-0.05, 0) is 30.3 Å². The Labute approximate surface area is 126 Å². The van der Waals surface area contributed by atoms with Crippen molar-refractivity contribution in [3.8, 4) is 11.5 Å². The van der Waals surface area contributed by atoms with E-state index in [1.807, 2.05) is 24.3 Å². The summed E-state index contributed by atoms with van der Waals surface area (Å²) in [5, 5.41) is 0. The smallest absolute Gasteiger partial charge is 0.250 e. The molecular weight excluding hydrogens is 288 g/mol. The first-order chi connectivity index (χ1) is 10.1. The van der Waals surface area contributed by atoms with Gasteiger partial charge in [0.1, 0.15) is 13.2 Å². The maximum Gasteiger partial charge on any atom is 0.250 e. The first-order valence-corrected chi connectivity index (χ1v) is 7.22. The number of para-hydroxylation sites is 1. The van der Waals surface area contributed by atoms with E-state index in [9.17, 15) is 4.79 Å². The standard InChI is InChI=1S/C15H14N2O3S/c16-14-10(15(17)18)2-1-3-13(14)21-9-4-5-11-12(8-9)20-7-6-19-11/h1-5,8H,6-7,16H2,(H2,17,18). The zero-order valence-corrected chi connectivity index (χ0v) is 12.0. The van der Waals surface area contributed by atoms with Gasteiger partial charge in [-0.15, -0.1) is 0 Å². The molecule has 0 aromatic heterocycles. The first kappa shape index (κ1) is 13.6. The summed E-state index contributed by atoms with van der Waals surface area (Å²) < 4.78 is 11.0. The molecule has 21 heavy (non-hydrogen) atoms. The lowest BCUT2D eigenvalue weighted by molar-refractivity contribution is 0.100. The Morgan fingerprint density at radius 1 is 1.10 bits per heavy atom. The van der Waals surface area contributed by atoms with E-state index < -0.39 is 5.91 Å². The lowest BCUT2D eigenvalue weighted by Gasteiger charge is -2.19. The molecule has 0 saturated heterocycles. The second-order valence-electron chi connectivity index (χ2n) is 4.49. The quantitative estimate of drug-likeness (QED) is 0.849. The molecule has 3 rings (SSSR count). The number of fused-ring (bicyclic) bond motifs is 1. The van der Waals surface area contributed by atoms with Crippen LogP contribution in [0.1, 0.15) is 10.4 Å². The first-order valence-electron chi connectivity index (χ1n) is 6.41. The van der Waals surface area contributed by atoms with E-state index >= 15 is 0 Å². The number of hydrogen-bond acceptors (Lipinski definition) is 5. The molecule has 0 radical (unpaired) electrons. The number of carbonyl (C=O) groups is 1. The van der Waals surface area contributed by atoms with Gasteiger partial charge in [-0.2, -0.15) is 0 Å². The minimum absolute atomic E-state index is 0.331. The fraction of sp³-hybridized carbons (Fsp3) is 0.133. The Kier molecular flexibility index (Phi) is 3.62. The third-order valence-corrected chi connectivity index (χ3v) is 4.14. The van der Waals surface area contributed by atoms with Gasteiger partial charge in [-0.25, -0.2) is 0 Å². The van der Waals surface area contributed by atoms with Crippen molar-refractivity contribution in [2.24, 2.45) is 5.73 Å². The van der Waals surface area contributed by atoms with Gasteiger partial charge in [0.15, 0.2) is 11.5 Å². The molecule has 5 nitrogen and oxygen atoms in total. The number of amides is 1. The van der Waals surface area contributed by atoms with Crippen molar-refractivity contribution in [1.29, 1.82) is 0 Å². The van der Waals surface area contributed by atoms with Crippen LogP contribution in [0.15, 0.2) is 46.2 Å². The van der Waals surface area contributed by atoms with Gasteiger partial charge in [0.2, 0.25) is 0 Å². The largest absolute Gasteiger partial charge is 0.486 e. The van der Waals surface area contributed by atoms with Crippen LogP contribution in [0.4, 0.5) is 5.69 Å². The van der Waals surface area contributed by atoms with Gasteiger partial charge in [0.25, 0.3) is 5.91 Å². The third kappa shape index (κ3) is 2.75. The van der Waals surface area contributed by atoms with Gasteiger partial charge in [-0.1, -0.05) is 17.8 Å². The molecule has 1 heterocycles. The van der Waals surface area contributed by atoms with Gasteiger partial charge < -0.3 is 20.9 Å². The van der Waals surface area contributed by atoms with Crippen molar-refractivity contribution in [3.63, 3.8) is 0 Å². The van der Waals surface area contributed by atoms with Crippen LogP contribution in [0.2, 0.25) is 0 Å². The topological polar surface area (TPSA) is 87.6 Å². The molecule has 0 bridgehead atoms. The highest BCUT2D eigenvalue weighted by molar-refractivity contribution is 7.99. The average Bonchev–Trinajstić information content (AvgIpc) is 2.49. The maximum atomic E-state index is 11.3. The molecule has 1 amide bonds. The predicted octanol–water partition coefficient (Wildman–Crippen LogP) is 2.29. The van der Waals surface area contributed by atoms with E-state index in [4.69, 9.17) is 20.9 Å². The molecule has 6 heteroatoms. The van der Waals surface area contributed by atoms with Crippen LogP contribution in [-0.4, -0.2) is 19.1 Å². The van der Waals surface area contributed by atoms with Crippen molar-refractivity contribution < 1.29 is 14.3 Å². The zero-order valence-electron chi connectivity index (χ0n) is 11.2. The van der Waals surface area contributed by atoms with Crippen LogP contribution in [0.5, 0.6) is 11.5 Å². The highest BCUT2D eigenvalue weighted by Crippen LogP contribution is 2.39. The maximum absolute atomic E-state index is 11.3. The minimum atomic E-state index is -0.530. The number of primary amides is 1. The average molecular weight is 302 g/mol. The zero-order chi connectivity index (χ0) is 14.8. The SMILES string of the molecule is NC(=O)c1cccc(Sc2ccc3c(c2)OCCO3)c1N. The Hall–Kier alpha value is -2.34. The molecule has 0 aliphatic carbocycles. The minimum Gasteiger partial charge on any atom is -0.486 e. The monoisotopic (exact) mass is 302 g/mol. The molecule has 4 N–H and O–H groups in total. The van der Waals surface area contributed by atoms with E-state index in [1.54, 1.807) is 12.1 Å². The lowest BCUT2D eigenvalue weighted by Crippen LogP contribution is -2.15. The summed E-state index contributed by atoms with van der Waals surface area (Å²) in [7, 11) is 0. The summed E-state index contributed by atoms with van der Waals surface area (Å²) in [6.45, 7) is 1.10. The summed E-state index contributed by atoms with van der Waals surface area (Å²) in [6, 6.07) is 10.9. The van der Waals surface area contributed by atoms with Gasteiger partial charge in [0.05, 0.1) is 11.3 Å². The Bertz CT molecular complexity index is 703. The van der Waals surface area contributed by atoms with E-state index in [2.05, 4.69) is 0 Å². The molecule has 2 aromatic carbocycles. The molecule has 0 unspecified atom stereocenters. The van der Waals surface area contributed by atoms with Crippen LogP contribution >= 0.6 is 11.8 Å². The summed E-state index contributed by atoms with van der Waals surface area (Å²) in [5.41, 5.74) is 12.0. The van der Waals surface area contributed by atoms with Crippen LogP contribution in [0.25, 0.3) is 0 Å². The summed E-state index contributed by atoms with van der Waals surface area (Å²) in [4.78, 5) is 13.0. The van der Waals surface area contributed by atoms with Crippen LogP contribution in [-0.2, 0) is 0 Å². The van der Waals surface area contributed by atoms with E-state index in [0.717, 1.165) is 21.3 Å². The number of anilines is 1. The second-order valence-corrected chi connectivity index (χ2v) is 5.60. The molecule has 0 spiro atoms. The summed E-state index contributed by atoms with van der Waals surface area (Å²) in [6.07, 6.45) is 0. The molecule has 0 saturated carbocycles. The van der Waals surface area contributed by atoms with E-state index in [-0.39, 0.29) is 0 Å². The van der Waals surface area contributed by atoms with Gasteiger partial charge >= 0.3 is 0 Å². The fourth-order valence-electron chi connectivity index (χ4n) is 2.06. The van der Waals surface area contributed by atoms with Crippen LogP contribution in [0, 0.1) is 0 Å². The second kappa shape index (κ2) is 5.57. The molecule has 1 aliphatic rings. The lowest BCUT2D eigenvalue weighted by atomic mass is 10.2. The fourth-order valence-corrected chi connectivity index (χ4v) is 2.98. The molecule has 108 valence electrons. The molecule has 2 aromatic rings. The number of hydrogen-bond donors (Lipinski definition) is 2. The summed E-state index contributed by atoms with van der Waals surface area (Å²) in [5.74, 6) is 0.928. The molecular formula is C15H14N2O3S. The van der Waals surface area contributed by atoms with Crippen molar-refractivity contribution >= 4 is 23.4 Å². The van der Waals surface area contributed by atoms with E-state index in [0.29, 0.717) is 24.5 Å². The van der Waals surface area contributed by atoms with Crippen molar-refractivity contribution in [2.75, 3.05) is 18.9 Å². The molecule has 0 atom stereocenters. The number of nitrogen functional groups attached to an aromatic ring is 1. The normalized spacial score (nSPS) is 13.0. The number of ether oxygens (including phenoxy) is 2. The number of nitrogens with two attached hydrogens (primary N) is 2. The predicted molar refractivity (Wildman–Crippen MR) is 80.9 cm³/mol. The highest BCUT2D eigenvalue weighted by atomic mass is 32.2.